The molecule has 1 aromatic carbocycles. The molecule has 156 valence electrons. The number of guanidine groups is 1. The van der Waals surface area contributed by atoms with Gasteiger partial charge in [0.1, 0.15) is 11.9 Å². The van der Waals surface area contributed by atoms with E-state index in [0.29, 0.717) is 13.0 Å². The molecule has 1 aliphatic heterocycles. The highest BCUT2D eigenvalue weighted by molar-refractivity contribution is 5.80. The molecule has 7 heteroatoms. The number of carbonyl (C=O) groups excluding carboxylic acids is 1. The van der Waals surface area contributed by atoms with Gasteiger partial charge in [-0.3, -0.25) is 9.79 Å². The van der Waals surface area contributed by atoms with Crippen LogP contribution in [0.15, 0.2) is 29.3 Å². The van der Waals surface area contributed by atoms with E-state index in [1.165, 1.54) is 19.2 Å². The second-order valence-electron chi connectivity index (χ2n) is 7.11. The highest BCUT2D eigenvalue weighted by Gasteiger charge is 2.28. The van der Waals surface area contributed by atoms with Gasteiger partial charge >= 0.3 is 5.97 Å². The van der Waals surface area contributed by atoms with Gasteiger partial charge in [-0.1, -0.05) is 25.0 Å². The first-order chi connectivity index (χ1) is 13.5. The summed E-state index contributed by atoms with van der Waals surface area (Å²) in [5, 5.41) is 3.42. The van der Waals surface area contributed by atoms with Crippen molar-refractivity contribution in [2.75, 3.05) is 33.8 Å². The Balaban J connectivity index is 1.77. The number of morpholine rings is 1. The maximum absolute atomic E-state index is 13.2. The summed E-state index contributed by atoms with van der Waals surface area (Å²) in [4.78, 5) is 17.7. The van der Waals surface area contributed by atoms with Gasteiger partial charge < -0.3 is 19.7 Å². The lowest BCUT2D eigenvalue weighted by molar-refractivity contribution is -0.140. The number of rotatable bonds is 8. The van der Waals surface area contributed by atoms with Crippen molar-refractivity contribution in [1.82, 2.24) is 10.2 Å². The number of nitrogens with one attached hydrogen (secondary N) is 1. The van der Waals surface area contributed by atoms with E-state index in [1.807, 2.05) is 6.92 Å². The largest absolute Gasteiger partial charge is 0.469 e. The van der Waals surface area contributed by atoms with Crippen LogP contribution in [0.3, 0.4) is 0 Å². The lowest BCUT2D eigenvalue weighted by atomic mass is 10.1. The number of hydrogen-bond donors (Lipinski definition) is 1. The van der Waals surface area contributed by atoms with E-state index in [2.05, 4.69) is 19.9 Å². The molecule has 1 N–H and O–H groups in total. The molecule has 28 heavy (non-hydrogen) atoms. The van der Waals surface area contributed by atoms with Crippen molar-refractivity contribution >= 4 is 11.9 Å². The number of esters is 1. The van der Waals surface area contributed by atoms with Crippen LogP contribution in [0.25, 0.3) is 0 Å². The van der Waals surface area contributed by atoms with Crippen LogP contribution < -0.4 is 5.32 Å². The molecule has 0 aliphatic carbocycles. The molecular weight excluding hydrogens is 361 g/mol. The van der Waals surface area contributed by atoms with Crippen LogP contribution in [0, 0.1) is 5.82 Å². The van der Waals surface area contributed by atoms with E-state index in [0.717, 1.165) is 50.3 Å². The summed E-state index contributed by atoms with van der Waals surface area (Å²) in [6.45, 7) is 4.31. The fraction of sp³-hybridized carbons (Fsp3) is 0.619. The van der Waals surface area contributed by atoms with E-state index < -0.39 is 0 Å². The number of methoxy groups -OCH3 is 1. The van der Waals surface area contributed by atoms with Crippen LogP contribution in [0.5, 0.6) is 0 Å². The molecule has 6 nitrogen and oxygen atoms in total. The smallest absolute Gasteiger partial charge is 0.305 e. The summed E-state index contributed by atoms with van der Waals surface area (Å²) in [6.07, 6.45) is 4.38. The predicted molar refractivity (Wildman–Crippen MR) is 108 cm³/mol. The molecule has 1 heterocycles. The van der Waals surface area contributed by atoms with Crippen molar-refractivity contribution in [2.45, 2.75) is 51.2 Å². The zero-order valence-electron chi connectivity index (χ0n) is 17.1. The summed E-state index contributed by atoms with van der Waals surface area (Å²) in [7, 11) is 3.21. The number of unbranched alkanes of at least 4 members (excludes halogenated alkanes) is 3. The first kappa shape index (κ1) is 22.1. The first-order valence-corrected chi connectivity index (χ1v) is 9.96. The van der Waals surface area contributed by atoms with Gasteiger partial charge in [0.2, 0.25) is 0 Å². The molecule has 0 radical (unpaired) electrons. The summed E-state index contributed by atoms with van der Waals surface area (Å²) < 4.78 is 23.9. The van der Waals surface area contributed by atoms with Crippen molar-refractivity contribution in [1.29, 1.82) is 0 Å². The Morgan fingerprint density at radius 3 is 2.64 bits per heavy atom. The monoisotopic (exact) mass is 393 g/mol. The molecule has 0 bridgehead atoms. The zero-order valence-corrected chi connectivity index (χ0v) is 17.1. The molecule has 0 spiro atoms. The number of hydrogen-bond acceptors (Lipinski definition) is 4. The van der Waals surface area contributed by atoms with Crippen molar-refractivity contribution < 1.29 is 18.7 Å². The molecule has 2 rings (SSSR count). The summed E-state index contributed by atoms with van der Waals surface area (Å²) in [5.41, 5.74) is 0.971. The Morgan fingerprint density at radius 1 is 1.25 bits per heavy atom. The third-order valence-corrected chi connectivity index (χ3v) is 4.83. The van der Waals surface area contributed by atoms with Gasteiger partial charge in [-0.15, -0.1) is 0 Å². The first-order valence-electron chi connectivity index (χ1n) is 9.96. The number of halogens is 1. The van der Waals surface area contributed by atoms with Gasteiger partial charge in [0.15, 0.2) is 5.96 Å². The van der Waals surface area contributed by atoms with Gasteiger partial charge in [0.25, 0.3) is 0 Å². The molecule has 1 aliphatic rings. The second kappa shape index (κ2) is 11.6. The number of aliphatic imine (C=N–C) groups is 1. The minimum absolute atomic E-state index is 0.0562. The van der Waals surface area contributed by atoms with E-state index in [9.17, 15) is 9.18 Å². The number of nitrogens with zero attached hydrogens (tertiary/aromatic N) is 2. The Kier molecular flexibility index (Phi) is 9.20. The lowest BCUT2D eigenvalue weighted by Crippen LogP contribution is -2.50. The molecular formula is C21H32FN3O3. The quantitative estimate of drug-likeness (QED) is 0.318. The Morgan fingerprint density at radius 2 is 1.96 bits per heavy atom. The molecule has 0 aromatic heterocycles. The molecule has 1 saturated heterocycles. The topological polar surface area (TPSA) is 63.2 Å². The van der Waals surface area contributed by atoms with Crippen LogP contribution in [-0.2, 0) is 14.3 Å². The molecule has 0 amide bonds. The number of ether oxygens (including phenoxy) is 2. The minimum Gasteiger partial charge on any atom is -0.469 e. The van der Waals surface area contributed by atoms with Gasteiger partial charge in [0.05, 0.1) is 19.8 Å². The van der Waals surface area contributed by atoms with Gasteiger partial charge in [-0.25, -0.2) is 4.39 Å². The van der Waals surface area contributed by atoms with E-state index in [-0.39, 0.29) is 24.0 Å². The van der Waals surface area contributed by atoms with Crippen LogP contribution in [0.1, 0.15) is 50.7 Å². The fourth-order valence-electron chi connectivity index (χ4n) is 3.37. The zero-order chi connectivity index (χ0) is 20.4. The SMILES string of the molecule is CN=C(NCCCCCCC(=O)OC)N1CC(C)OC(c2ccc(F)cc2)C1. The third-order valence-electron chi connectivity index (χ3n) is 4.83. The second-order valence-corrected chi connectivity index (χ2v) is 7.11. The van der Waals surface area contributed by atoms with Gasteiger partial charge in [-0.05, 0) is 37.5 Å². The lowest BCUT2D eigenvalue weighted by Gasteiger charge is -2.38. The predicted octanol–water partition coefficient (Wildman–Crippen LogP) is 3.29. The standard InChI is InChI=1S/C21H32FN3O3/c1-16-14-25(15-19(28-16)17-9-11-18(22)12-10-17)21(23-2)24-13-7-5-4-6-8-20(26)27-3/h9-12,16,19H,4-8,13-15H2,1-3H3,(H,23,24). The average Bonchev–Trinajstić information content (AvgIpc) is 2.70. The van der Waals surface area contributed by atoms with Gasteiger partial charge in [-0.2, -0.15) is 0 Å². The normalized spacial score (nSPS) is 20.1. The van der Waals surface area contributed by atoms with E-state index in [4.69, 9.17) is 4.74 Å². The number of carbonyl (C=O) groups is 1. The molecule has 1 aromatic rings. The van der Waals surface area contributed by atoms with Crippen LogP contribution in [-0.4, -0.2) is 56.7 Å². The van der Waals surface area contributed by atoms with Crippen molar-refractivity contribution in [3.8, 4) is 0 Å². The number of benzene rings is 1. The van der Waals surface area contributed by atoms with E-state index >= 15 is 0 Å². The minimum atomic E-state index is -0.242. The van der Waals surface area contributed by atoms with Gasteiger partial charge in [0, 0.05) is 26.6 Å². The highest BCUT2D eigenvalue weighted by atomic mass is 19.1. The van der Waals surface area contributed by atoms with Crippen molar-refractivity contribution in [3.63, 3.8) is 0 Å². The summed E-state index contributed by atoms with van der Waals surface area (Å²) in [5.74, 6) is 0.473. The van der Waals surface area contributed by atoms with Crippen LogP contribution in [0.2, 0.25) is 0 Å². The summed E-state index contributed by atoms with van der Waals surface area (Å²) in [6, 6.07) is 6.49. The molecule has 2 unspecified atom stereocenters. The molecule has 1 fully saturated rings. The summed E-state index contributed by atoms with van der Waals surface area (Å²) >= 11 is 0. The van der Waals surface area contributed by atoms with Crippen LogP contribution in [0.4, 0.5) is 4.39 Å². The molecule has 2 atom stereocenters. The van der Waals surface area contributed by atoms with Crippen LogP contribution >= 0.6 is 0 Å². The third kappa shape index (κ3) is 7.11. The molecule has 0 saturated carbocycles. The Bertz CT molecular complexity index is 636. The Labute approximate surface area is 167 Å². The Hall–Kier alpha value is -2.15. The fourth-order valence-corrected chi connectivity index (χ4v) is 3.37. The maximum Gasteiger partial charge on any atom is 0.305 e. The average molecular weight is 394 g/mol. The highest BCUT2D eigenvalue weighted by Crippen LogP contribution is 2.25. The van der Waals surface area contributed by atoms with Crippen molar-refractivity contribution in [3.05, 3.63) is 35.6 Å². The maximum atomic E-state index is 13.2. The van der Waals surface area contributed by atoms with E-state index in [1.54, 1.807) is 19.2 Å². The van der Waals surface area contributed by atoms with Crippen molar-refractivity contribution in [2.24, 2.45) is 4.99 Å².